The van der Waals surface area contributed by atoms with E-state index in [-0.39, 0.29) is 6.61 Å². The van der Waals surface area contributed by atoms with E-state index in [2.05, 4.69) is 32.2 Å². The van der Waals surface area contributed by atoms with Crippen molar-refractivity contribution in [2.45, 2.75) is 33.2 Å². The second-order valence-electron chi connectivity index (χ2n) is 3.10. The Morgan fingerprint density at radius 3 is 2.64 bits per heavy atom. The van der Waals surface area contributed by atoms with Gasteiger partial charge in [0.25, 0.3) is 0 Å². The summed E-state index contributed by atoms with van der Waals surface area (Å²) in [5.41, 5.74) is 1.33. The molecule has 0 saturated heterocycles. The lowest BCUT2D eigenvalue weighted by atomic mass is 10.2. The van der Waals surface area contributed by atoms with Crippen LogP contribution in [0.25, 0.3) is 0 Å². The molecule has 0 saturated carbocycles. The summed E-state index contributed by atoms with van der Waals surface area (Å²) in [6, 6.07) is 0.413. The lowest BCUT2D eigenvalue weighted by Crippen LogP contribution is -2.26. The van der Waals surface area contributed by atoms with Gasteiger partial charge in [0.1, 0.15) is 0 Å². The Bertz CT molecular complexity index is 117. The molecule has 2 nitrogen and oxygen atoms in total. The summed E-state index contributed by atoms with van der Waals surface area (Å²) in [7, 11) is 0. The fourth-order valence-electron chi connectivity index (χ4n) is 0.760. The zero-order chi connectivity index (χ0) is 8.69. The first-order valence-electron chi connectivity index (χ1n) is 4.14. The van der Waals surface area contributed by atoms with Gasteiger partial charge in [0.15, 0.2) is 0 Å². The highest BCUT2D eigenvalue weighted by molar-refractivity contribution is 4.94. The van der Waals surface area contributed by atoms with Crippen molar-refractivity contribution in [2.24, 2.45) is 0 Å². The Morgan fingerprint density at radius 2 is 2.18 bits per heavy atom. The van der Waals surface area contributed by atoms with Gasteiger partial charge in [-0.15, -0.1) is 0 Å². The molecule has 0 rings (SSSR count). The maximum atomic E-state index is 8.59. The van der Waals surface area contributed by atoms with Gasteiger partial charge < -0.3 is 10.4 Å². The molecule has 1 atom stereocenters. The molecule has 0 heterocycles. The van der Waals surface area contributed by atoms with E-state index in [1.165, 1.54) is 5.57 Å². The van der Waals surface area contributed by atoms with Crippen molar-refractivity contribution in [3.63, 3.8) is 0 Å². The Hall–Kier alpha value is -0.340. The highest BCUT2D eigenvalue weighted by Gasteiger charge is 1.96. The summed E-state index contributed by atoms with van der Waals surface area (Å²) in [5.74, 6) is 0. The van der Waals surface area contributed by atoms with E-state index in [1.807, 2.05) is 0 Å². The maximum Gasteiger partial charge on any atom is 0.0445 e. The molecule has 2 N–H and O–H groups in total. The molecule has 0 fully saturated rings. The molecule has 11 heavy (non-hydrogen) atoms. The average Bonchev–Trinajstić information content (AvgIpc) is 1.87. The van der Waals surface area contributed by atoms with E-state index in [0.29, 0.717) is 6.04 Å². The summed E-state index contributed by atoms with van der Waals surface area (Å²) in [5, 5.41) is 11.9. The lowest BCUT2D eigenvalue weighted by molar-refractivity contribution is 0.270. The predicted octanol–water partition coefficient (Wildman–Crippen LogP) is 1.31. The third-order valence-electron chi connectivity index (χ3n) is 1.54. The molecule has 0 amide bonds. The zero-order valence-electron chi connectivity index (χ0n) is 7.72. The molecule has 0 aliphatic heterocycles. The standard InChI is InChI=1S/C9H19NO/c1-8(2)4-6-10-9(3)5-7-11/h4,9-11H,5-7H2,1-3H3. The van der Waals surface area contributed by atoms with Crippen LogP contribution in [0.2, 0.25) is 0 Å². The first kappa shape index (κ1) is 10.7. The number of allylic oxidation sites excluding steroid dienone is 1. The Balaban J connectivity index is 3.31. The first-order chi connectivity index (χ1) is 5.16. The van der Waals surface area contributed by atoms with E-state index in [1.54, 1.807) is 0 Å². The Morgan fingerprint density at radius 1 is 1.55 bits per heavy atom. The number of hydrogen-bond donors (Lipinski definition) is 2. The molecule has 0 bridgehead atoms. The molecule has 2 heteroatoms. The van der Waals surface area contributed by atoms with Crippen LogP contribution in [0.1, 0.15) is 27.2 Å². The van der Waals surface area contributed by atoms with Crippen molar-refractivity contribution in [3.8, 4) is 0 Å². The van der Waals surface area contributed by atoms with Gasteiger partial charge in [-0.05, 0) is 27.2 Å². The second-order valence-corrected chi connectivity index (χ2v) is 3.10. The van der Waals surface area contributed by atoms with E-state index >= 15 is 0 Å². The molecule has 0 aromatic rings. The monoisotopic (exact) mass is 157 g/mol. The topological polar surface area (TPSA) is 32.3 Å². The smallest absolute Gasteiger partial charge is 0.0445 e. The van der Waals surface area contributed by atoms with Gasteiger partial charge in [0.2, 0.25) is 0 Å². The van der Waals surface area contributed by atoms with Crippen LogP contribution in [0, 0.1) is 0 Å². The normalized spacial score (nSPS) is 12.7. The number of nitrogens with one attached hydrogen (secondary N) is 1. The van der Waals surface area contributed by atoms with Crippen LogP contribution in [-0.2, 0) is 0 Å². The highest BCUT2D eigenvalue weighted by atomic mass is 16.3. The van der Waals surface area contributed by atoms with Crippen LogP contribution >= 0.6 is 0 Å². The quantitative estimate of drug-likeness (QED) is 0.590. The molecule has 0 radical (unpaired) electrons. The maximum absolute atomic E-state index is 8.59. The molecular weight excluding hydrogens is 138 g/mol. The minimum absolute atomic E-state index is 0.267. The van der Waals surface area contributed by atoms with Crippen molar-refractivity contribution in [2.75, 3.05) is 13.2 Å². The van der Waals surface area contributed by atoms with Gasteiger partial charge >= 0.3 is 0 Å². The van der Waals surface area contributed by atoms with Crippen LogP contribution < -0.4 is 5.32 Å². The number of aliphatic hydroxyl groups excluding tert-OH is 1. The van der Waals surface area contributed by atoms with Crippen molar-refractivity contribution < 1.29 is 5.11 Å². The SMILES string of the molecule is CC(C)=CCNC(C)CCO. The van der Waals surface area contributed by atoms with E-state index < -0.39 is 0 Å². The van der Waals surface area contributed by atoms with Gasteiger partial charge in [0, 0.05) is 19.2 Å². The van der Waals surface area contributed by atoms with Crippen LogP contribution in [0.4, 0.5) is 0 Å². The van der Waals surface area contributed by atoms with Crippen molar-refractivity contribution in [1.29, 1.82) is 0 Å². The molecule has 1 unspecified atom stereocenters. The largest absolute Gasteiger partial charge is 0.396 e. The second kappa shape index (κ2) is 6.38. The van der Waals surface area contributed by atoms with E-state index in [4.69, 9.17) is 5.11 Å². The van der Waals surface area contributed by atoms with Crippen molar-refractivity contribution in [3.05, 3.63) is 11.6 Å². The van der Waals surface area contributed by atoms with Crippen LogP contribution in [0.5, 0.6) is 0 Å². The summed E-state index contributed by atoms with van der Waals surface area (Å²) in [4.78, 5) is 0. The fourth-order valence-corrected chi connectivity index (χ4v) is 0.760. The average molecular weight is 157 g/mol. The van der Waals surface area contributed by atoms with Crippen LogP contribution in [-0.4, -0.2) is 24.3 Å². The molecule has 66 valence electrons. The van der Waals surface area contributed by atoms with E-state index in [9.17, 15) is 0 Å². The predicted molar refractivity (Wildman–Crippen MR) is 48.6 cm³/mol. The van der Waals surface area contributed by atoms with Gasteiger partial charge in [0.05, 0.1) is 0 Å². The fraction of sp³-hybridized carbons (Fsp3) is 0.778. The third-order valence-corrected chi connectivity index (χ3v) is 1.54. The minimum Gasteiger partial charge on any atom is -0.396 e. The van der Waals surface area contributed by atoms with Gasteiger partial charge in [-0.1, -0.05) is 11.6 Å². The molecule has 0 aromatic carbocycles. The number of hydrogen-bond acceptors (Lipinski definition) is 2. The summed E-state index contributed by atoms with van der Waals surface area (Å²) in [6.45, 7) is 7.42. The number of rotatable bonds is 5. The van der Waals surface area contributed by atoms with Crippen LogP contribution in [0.15, 0.2) is 11.6 Å². The van der Waals surface area contributed by atoms with Gasteiger partial charge in [-0.3, -0.25) is 0 Å². The Kier molecular flexibility index (Phi) is 6.18. The van der Waals surface area contributed by atoms with Gasteiger partial charge in [-0.25, -0.2) is 0 Å². The van der Waals surface area contributed by atoms with Gasteiger partial charge in [-0.2, -0.15) is 0 Å². The molecule has 0 aliphatic carbocycles. The Labute approximate surface area is 69.3 Å². The molecule has 0 spiro atoms. The molecular formula is C9H19NO. The summed E-state index contributed by atoms with van der Waals surface area (Å²) < 4.78 is 0. The third kappa shape index (κ3) is 7.56. The van der Waals surface area contributed by atoms with Crippen LogP contribution in [0.3, 0.4) is 0 Å². The summed E-state index contributed by atoms with van der Waals surface area (Å²) >= 11 is 0. The van der Waals surface area contributed by atoms with E-state index in [0.717, 1.165) is 13.0 Å². The minimum atomic E-state index is 0.267. The number of aliphatic hydroxyl groups is 1. The molecule has 0 aliphatic rings. The summed E-state index contributed by atoms with van der Waals surface area (Å²) in [6.07, 6.45) is 2.98. The zero-order valence-corrected chi connectivity index (χ0v) is 7.72. The van der Waals surface area contributed by atoms with Crippen molar-refractivity contribution >= 4 is 0 Å². The lowest BCUT2D eigenvalue weighted by Gasteiger charge is -2.09. The molecule has 0 aromatic heterocycles. The highest BCUT2D eigenvalue weighted by Crippen LogP contribution is 1.90. The van der Waals surface area contributed by atoms with Crippen molar-refractivity contribution in [1.82, 2.24) is 5.32 Å². The first-order valence-corrected chi connectivity index (χ1v) is 4.14.